The lowest BCUT2D eigenvalue weighted by atomic mass is 9.95. The van der Waals surface area contributed by atoms with Gasteiger partial charge in [-0.05, 0) is 6.07 Å². The highest BCUT2D eigenvalue weighted by molar-refractivity contribution is 6.46. The average Bonchev–Trinajstić information content (AvgIpc) is 2.87. The van der Waals surface area contributed by atoms with E-state index >= 15 is 0 Å². The Hall–Kier alpha value is -2.99. The first-order valence-corrected chi connectivity index (χ1v) is 7.75. The van der Waals surface area contributed by atoms with Crippen LogP contribution in [0.15, 0.2) is 60.2 Å². The van der Waals surface area contributed by atoms with E-state index in [1.807, 2.05) is 0 Å². The van der Waals surface area contributed by atoms with Crippen LogP contribution < -0.4 is 0 Å². The van der Waals surface area contributed by atoms with Crippen molar-refractivity contribution in [2.24, 2.45) is 0 Å². The van der Waals surface area contributed by atoms with Crippen molar-refractivity contribution in [2.75, 3.05) is 13.2 Å². The number of aliphatic hydroxyl groups excluding tert-OH is 2. The summed E-state index contributed by atoms with van der Waals surface area (Å²) < 4.78 is 14.3. The fourth-order valence-electron chi connectivity index (χ4n) is 2.99. The second-order valence-electron chi connectivity index (χ2n) is 5.60. The molecule has 3 rings (SSSR count). The minimum absolute atomic E-state index is 0.0904. The van der Waals surface area contributed by atoms with Crippen molar-refractivity contribution >= 4 is 17.4 Å². The molecule has 2 aromatic carbocycles. The number of benzene rings is 2. The standard InChI is InChI=1S/C19H16FNO4/c20-14-9-5-4-8-13(14)16-15(17(23)12-6-2-1-3-7-12)18(24)19(25)21(16)10-11-22/h1-9,16,22-23H,10-11H2/b17-15+/t16-/m0/s1. The Kier molecular flexibility index (Phi) is 4.63. The van der Waals surface area contributed by atoms with E-state index in [1.54, 1.807) is 36.4 Å². The Morgan fingerprint density at radius 3 is 2.32 bits per heavy atom. The van der Waals surface area contributed by atoms with Crippen LogP contribution >= 0.6 is 0 Å². The van der Waals surface area contributed by atoms with Gasteiger partial charge in [0.2, 0.25) is 0 Å². The van der Waals surface area contributed by atoms with Gasteiger partial charge in [0.25, 0.3) is 11.7 Å². The number of rotatable bonds is 4. The number of ketones is 1. The molecule has 1 fully saturated rings. The van der Waals surface area contributed by atoms with Crippen molar-refractivity contribution in [1.82, 2.24) is 4.90 Å². The first-order chi connectivity index (χ1) is 12.1. The molecular formula is C19H16FNO4. The zero-order valence-electron chi connectivity index (χ0n) is 13.2. The van der Waals surface area contributed by atoms with Crippen molar-refractivity contribution in [3.05, 3.63) is 77.1 Å². The van der Waals surface area contributed by atoms with Gasteiger partial charge in [-0.3, -0.25) is 9.59 Å². The molecule has 0 bridgehead atoms. The predicted molar refractivity (Wildman–Crippen MR) is 88.9 cm³/mol. The Bertz CT molecular complexity index is 848. The molecule has 1 amide bonds. The number of halogens is 1. The molecule has 1 saturated heterocycles. The van der Waals surface area contributed by atoms with Gasteiger partial charge in [-0.2, -0.15) is 0 Å². The summed E-state index contributed by atoms with van der Waals surface area (Å²) in [5, 5.41) is 19.8. The van der Waals surface area contributed by atoms with Gasteiger partial charge in [-0.25, -0.2) is 4.39 Å². The van der Waals surface area contributed by atoms with Crippen LogP contribution in [0, 0.1) is 5.82 Å². The van der Waals surface area contributed by atoms with Crippen LogP contribution in [0.3, 0.4) is 0 Å². The number of carbonyl (C=O) groups excluding carboxylic acids is 2. The molecule has 1 heterocycles. The van der Waals surface area contributed by atoms with E-state index in [0.717, 1.165) is 4.90 Å². The van der Waals surface area contributed by atoms with Gasteiger partial charge >= 0.3 is 0 Å². The minimum atomic E-state index is -1.09. The largest absolute Gasteiger partial charge is 0.507 e. The van der Waals surface area contributed by atoms with Gasteiger partial charge in [0.15, 0.2) is 0 Å². The summed E-state index contributed by atoms with van der Waals surface area (Å²) in [4.78, 5) is 25.9. The second kappa shape index (κ2) is 6.86. The number of β-amino-alcohol motifs (C(OH)–C–C–N with tert-alkyl or cyclic N) is 1. The van der Waals surface area contributed by atoms with Crippen molar-refractivity contribution in [3.8, 4) is 0 Å². The Morgan fingerprint density at radius 1 is 1.04 bits per heavy atom. The number of likely N-dealkylation sites (tertiary alicyclic amines) is 1. The van der Waals surface area contributed by atoms with Gasteiger partial charge in [-0.15, -0.1) is 0 Å². The van der Waals surface area contributed by atoms with E-state index in [1.165, 1.54) is 18.2 Å². The van der Waals surface area contributed by atoms with Crippen molar-refractivity contribution in [1.29, 1.82) is 0 Å². The van der Waals surface area contributed by atoms with Crippen molar-refractivity contribution in [3.63, 3.8) is 0 Å². The fraction of sp³-hybridized carbons (Fsp3) is 0.158. The third kappa shape index (κ3) is 2.92. The maximum Gasteiger partial charge on any atom is 0.295 e. The summed E-state index contributed by atoms with van der Waals surface area (Å²) in [7, 11) is 0. The zero-order chi connectivity index (χ0) is 18.0. The summed E-state index contributed by atoms with van der Waals surface area (Å²) >= 11 is 0. The van der Waals surface area contributed by atoms with E-state index in [0.29, 0.717) is 5.56 Å². The number of Topliss-reactive ketones (excluding diaryl/α,β-unsaturated/α-hetero) is 1. The Labute approximate surface area is 143 Å². The number of carbonyl (C=O) groups is 2. The fourth-order valence-corrected chi connectivity index (χ4v) is 2.99. The second-order valence-corrected chi connectivity index (χ2v) is 5.60. The lowest BCUT2D eigenvalue weighted by Gasteiger charge is -2.24. The van der Waals surface area contributed by atoms with Crippen LogP contribution in [0.4, 0.5) is 4.39 Å². The summed E-state index contributed by atoms with van der Waals surface area (Å²) in [5.41, 5.74) is 0.258. The van der Waals surface area contributed by atoms with E-state index in [9.17, 15) is 24.2 Å². The molecule has 5 nitrogen and oxygen atoms in total. The first-order valence-electron chi connectivity index (χ1n) is 7.75. The molecule has 0 aromatic heterocycles. The first kappa shape index (κ1) is 16.9. The summed E-state index contributed by atoms with van der Waals surface area (Å²) in [6.45, 7) is -0.529. The molecule has 1 aliphatic heterocycles. The molecule has 6 heteroatoms. The predicted octanol–water partition coefficient (Wildman–Crippen LogP) is 2.24. The molecule has 25 heavy (non-hydrogen) atoms. The number of amides is 1. The number of nitrogens with zero attached hydrogens (tertiary/aromatic N) is 1. The quantitative estimate of drug-likeness (QED) is 0.508. The highest BCUT2D eigenvalue weighted by atomic mass is 19.1. The van der Waals surface area contributed by atoms with Crippen LogP contribution in [-0.4, -0.2) is 40.0 Å². The van der Waals surface area contributed by atoms with Crippen molar-refractivity contribution < 1.29 is 24.2 Å². The highest BCUT2D eigenvalue weighted by Gasteiger charge is 2.46. The van der Waals surface area contributed by atoms with Gasteiger partial charge in [0.1, 0.15) is 11.6 Å². The van der Waals surface area contributed by atoms with Gasteiger partial charge < -0.3 is 15.1 Å². The summed E-state index contributed by atoms with van der Waals surface area (Å²) in [5.74, 6) is -2.74. The SMILES string of the molecule is O=C1C(=O)N(CCO)[C@@H](c2ccccc2F)/C1=C(\O)c1ccccc1. The monoisotopic (exact) mass is 341 g/mol. The maximum atomic E-state index is 14.3. The van der Waals surface area contributed by atoms with Crippen LogP contribution in [-0.2, 0) is 9.59 Å². The van der Waals surface area contributed by atoms with Gasteiger partial charge in [0.05, 0.1) is 18.2 Å². The zero-order valence-corrected chi connectivity index (χ0v) is 13.2. The molecule has 0 saturated carbocycles. The molecule has 128 valence electrons. The van der Waals surface area contributed by atoms with Crippen LogP contribution in [0.5, 0.6) is 0 Å². The molecule has 2 aromatic rings. The minimum Gasteiger partial charge on any atom is -0.507 e. The smallest absolute Gasteiger partial charge is 0.295 e. The Morgan fingerprint density at radius 2 is 1.68 bits per heavy atom. The maximum absolute atomic E-state index is 14.3. The molecule has 0 spiro atoms. The highest BCUT2D eigenvalue weighted by Crippen LogP contribution is 2.39. The van der Waals surface area contributed by atoms with E-state index in [4.69, 9.17) is 0 Å². The van der Waals surface area contributed by atoms with Gasteiger partial charge in [0, 0.05) is 17.7 Å². The van der Waals surface area contributed by atoms with Crippen LogP contribution in [0.25, 0.3) is 5.76 Å². The molecule has 0 aliphatic carbocycles. The average molecular weight is 341 g/mol. The van der Waals surface area contributed by atoms with Crippen LogP contribution in [0.1, 0.15) is 17.2 Å². The Balaban J connectivity index is 2.22. The third-order valence-corrected chi connectivity index (χ3v) is 4.13. The summed E-state index contributed by atoms with van der Waals surface area (Å²) in [6.07, 6.45) is 0. The lowest BCUT2D eigenvalue weighted by Crippen LogP contribution is -2.32. The molecule has 0 unspecified atom stereocenters. The topological polar surface area (TPSA) is 77.8 Å². The van der Waals surface area contributed by atoms with Crippen LogP contribution in [0.2, 0.25) is 0 Å². The van der Waals surface area contributed by atoms with E-state index in [2.05, 4.69) is 0 Å². The molecule has 1 atom stereocenters. The molecule has 2 N–H and O–H groups in total. The third-order valence-electron chi connectivity index (χ3n) is 4.13. The normalized spacial score (nSPS) is 19.4. The van der Waals surface area contributed by atoms with Gasteiger partial charge in [-0.1, -0.05) is 48.5 Å². The lowest BCUT2D eigenvalue weighted by molar-refractivity contribution is -0.140. The van der Waals surface area contributed by atoms with Crippen molar-refractivity contribution in [2.45, 2.75) is 6.04 Å². The van der Waals surface area contributed by atoms with E-state index in [-0.39, 0.29) is 30.0 Å². The molecule has 1 aliphatic rings. The summed E-state index contributed by atoms with van der Waals surface area (Å²) in [6, 6.07) is 12.9. The van der Waals surface area contributed by atoms with E-state index < -0.39 is 23.5 Å². The molecule has 0 radical (unpaired) electrons. The number of aliphatic hydroxyl groups is 2. The molecular weight excluding hydrogens is 325 g/mol. The number of hydrogen-bond donors (Lipinski definition) is 2. The number of hydrogen-bond acceptors (Lipinski definition) is 4.